The maximum atomic E-state index is 13.8. The Labute approximate surface area is 319 Å². The van der Waals surface area contributed by atoms with Crippen LogP contribution in [0.15, 0.2) is 58.0 Å². The van der Waals surface area contributed by atoms with Gasteiger partial charge in [0.25, 0.3) is 0 Å². The van der Waals surface area contributed by atoms with Gasteiger partial charge in [0.2, 0.25) is 22.6 Å². The Bertz CT molecular complexity index is 1930. The monoisotopic (exact) mass is 815 g/mol. The normalized spacial score (nSPS) is 18.3. The van der Waals surface area contributed by atoms with Gasteiger partial charge in [-0.25, -0.2) is 31.9 Å². The number of nitrogens with two attached hydrogens (primary N) is 1. The molecule has 4 rings (SSSR count). The molecule has 1 aromatic heterocycles. The highest BCUT2D eigenvalue weighted by molar-refractivity contribution is 7.89. The number of esters is 3. The zero-order valence-electron chi connectivity index (χ0n) is 29.8. The van der Waals surface area contributed by atoms with E-state index in [-0.39, 0.29) is 67.5 Å². The van der Waals surface area contributed by atoms with Gasteiger partial charge < -0.3 is 38.5 Å². The minimum absolute atomic E-state index is 0.00902. The molecule has 0 spiro atoms. The van der Waals surface area contributed by atoms with E-state index in [9.17, 15) is 41.5 Å². The highest BCUT2D eigenvalue weighted by atomic mass is 35.5. The van der Waals surface area contributed by atoms with Gasteiger partial charge in [-0.15, -0.1) is 0 Å². The summed E-state index contributed by atoms with van der Waals surface area (Å²) in [6.07, 6.45) is 0.835. The number of furan rings is 1. The molecule has 1 amide bonds. The van der Waals surface area contributed by atoms with Gasteiger partial charge in [-0.3, -0.25) is 14.5 Å². The van der Waals surface area contributed by atoms with E-state index in [4.69, 9.17) is 44.8 Å². The van der Waals surface area contributed by atoms with Gasteiger partial charge in [0.05, 0.1) is 61.0 Å². The Balaban J connectivity index is 1.12. The summed E-state index contributed by atoms with van der Waals surface area (Å²) >= 11 is 6.10. The molecule has 3 aromatic rings. The van der Waals surface area contributed by atoms with Crippen molar-refractivity contribution in [2.75, 3.05) is 31.9 Å². The second kappa shape index (κ2) is 19.2. The Morgan fingerprint density at radius 1 is 0.982 bits per heavy atom. The number of ether oxygens (including phenoxy) is 5. The number of amides is 1. The number of anilines is 1. The van der Waals surface area contributed by atoms with Gasteiger partial charge in [0.1, 0.15) is 22.3 Å². The summed E-state index contributed by atoms with van der Waals surface area (Å²) in [5.41, 5.74) is -0.178. The fourth-order valence-corrected chi connectivity index (χ4v) is 6.60. The number of benzene rings is 2. The van der Waals surface area contributed by atoms with E-state index in [1.54, 1.807) is 19.1 Å². The second-order valence-electron chi connectivity index (χ2n) is 12.4. The van der Waals surface area contributed by atoms with Gasteiger partial charge in [0.15, 0.2) is 0 Å². The molecule has 0 radical (unpaired) electrons. The minimum atomic E-state index is -4.25. The number of hydrogen-bond acceptors (Lipinski definition) is 14. The quantitative estimate of drug-likeness (QED) is 0.0727. The second-order valence-corrected chi connectivity index (χ2v) is 14.3. The number of morpholine rings is 1. The van der Waals surface area contributed by atoms with Crippen LogP contribution in [0, 0.1) is 11.6 Å². The Hall–Kier alpha value is -4.82. The van der Waals surface area contributed by atoms with Gasteiger partial charge in [0, 0.05) is 24.5 Å². The highest BCUT2D eigenvalue weighted by Crippen LogP contribution is 2.36. The largest absolute Gasteiger partial charge is 0.467 e. The fraction of sp³-hybridized carbons (Fsp3) is 0.429. The predicted octanol–water partition coefficient (Wildman–Crippen LogP) is 4.71. The van der Waals surface area contributed by atoms with Crippen LogP contribution in [0.5, 0.6) is 0 Å². The zero-order chi connectivity index (χ0) is 40.3. The number of rotatable bonds is 17. The summed E-state index contributed by atoms with van der Waals surface area (Å²) in [5.74, 6) is -5.82. The molecular formula is C35H40ClF2N3O13S. The molecule has 0 saturated carbocycles. The first-order valence-electron chi connectivity index (χ1n) is 16.9. The number of carbonyl (C=O) groups is 4. The number of primary sulfonamides is 1. The van der Waals surface area contributed by atoms with Crippen molar-refractivity contribution in [1.82, 2.24) is 4.90 Å². The summed E-state index contributed by atoms with van der Waals surface area (Å²) < 4.78 is 82.7. The maximum Gasteiger partial charge on any atom is 0.413 e. The number of sulfonamides is 1. The standard InChI is InChI=1S/C35H40ClF2N3O13S/c1-21-19-54-35(46,23-13-24(37)15-25(38)14-23)22(2)41(21)34(45)53-20-52-32(43)9-5-8-31(42)50-10-3-4-11-51-33(44)27-16-30(55(39,47)48)28(36)17-29(27)40-18-26-7-6-12-49-26/h6-7,12-17,21-22,40,46H,3-5,8-11,18-20H2,1-2H3,(H2,39,47,48)/t21-,22+,35-/m1/s1. The molecule has 3 atom stereocenters. The fourth-order valence-electron chi connectivity index (χ4n) is 5.50. The molecule has 1 aliphatic rings. The Kier molecular flexibility index (Phi) is 15.0. The molecule has 2 heterocycles. The molecule has 16 nitrogen and oxygen atoms in total. The average molecular weight is 816 g/mol. The lowest BCUT2D eigenvalue weighted by Gasteiger charge is -2.47. The van der Waals surface area contributed by atoms with E-state index in [1.165, 1.54) is 19.3 Å². The lowest BCUT2D eigenvalue weighted by atomic mass is 9.94. The summed E-state index contributed by atoms with van der Waals surface area (Å²) in [7, 11) is -4.25. The lowest BCUT2D eigenvalue weighted by molar-refractivity contribution is -0.280. The van der Waals surface area contributed by atoms with E-state index in [2.05, 4.69) is 5.32 Å². The molecule has 300 valence electrons. The van der Waals surface area contributed by atoms with Gasteiger partial charge >= 0.3 is 24.0 Å². The molecule has 2 aromatic carbocycles. The number of aliphatic hydroxyl groups is 1. The minimum Gasteiger partial charge on any atom is -0.467 e. The van der Waals surface area contributed by atoms with Crippen molar-refractivity contribution in [2.45, 2.75) is 75.3 Å². The Morgan fingerprint density at radius 3 is 2.27 bits per heavy atom. The molecule has 0 unspecified atom stereocenters. The van der Waals surface area contributed by atoms with E-state index >= 15 is 0 Å². The molecule has 55 heavy (non-hydrogen) atoms. The van der Waals surface area contributed by atoms with Gasteiger partial charge in [-0.2, -0.15) is 0 Å². The number of halogens is 3. The number of nitrogens with one attached hydrogen (secondary N) is 1. The van der Waals surface area contributed by atoms with E-state index in [1.807, 2.05) is 0 Å². The summed E-state index contributed by atoms with van der Waals surface area (Å²) in [4.78, 5) is 50.6. The van der Waals surface area contributed by atoms with Crippen molar-refractivity contribution in [3.05, 3.63) is 82.3 Å². The van der Waals surface area contributed by atoms with Crippen molar-refractivity contribution < 1.29 is 69.6 Å². The van der Waals surface area contributed by atoms with Gasteiger partial charge in [-0.05, 0) is 69.5 Å². The molecule has 0 bridgehead atoms. The molecule has 20 heteroatoms. The van der Waals surface area contributed by atoms with Crippen molar-refractivity contribution in [3.8, 4) is 0 Å². The smallest absolute Gasteiger partial charge is 0.413 e. The molecular weight excluding hydrogens is 776 g/mol. The topological polar surface area (TPSA) is 223 Å². The van der Waals surface area contributed by atoms with E-state index < -0.39 is 75.2 Å². The predicted molar refractivity (Wildman–Crippen MR) is 188 cm³/mol. The third-order valence-corrected chi connectivity index (χ3v) is 9.70. The average Bonchev–Trinajstić information content (AvgIpc) is 3.63. The van der Waals surface area contributed by atoms with Crippen LogP contribution in [-0.2, 0) is 55.6 Å². The van der Waals surface area contributed by atoms with E-state index in [0.29, 0.717) is 24.7 Å². The summed E-state index contributed by atoms with van der Waals surface area (Å²) in [6.45, 7) is 2.09. The van der Waals surface area contributed by atoms with Crippen LogP contribution in [0.25, 0.3) is 0 Å². The summed E-state index contributed by atoms with van der Waals surface area (Å²) in [6, 6.07) is 6.25. The number of hydrogen-bond donors (Lipinski definition) is 3. The molecule has 0 aliphatic carbocycles. The van der Waals surface area contributed by atoms with Crippen LogP contribution in [0.4, 0.5) is 19.3 Å². The van der Waals surface area contributed by atoms with Crippen molar-refractivity contribution in [3.63, 3.8) is 0 Å². The SMILES string of the molecule is C[C@@H]1CO[C@@](O)(c2cc(F)cc(F)c2)[C@H](C)N1C(=O)OCOC(=O)CCCC(=O)OCCCCOC(=O)c1cc(S(N)(=O)=O)c(Cl)cc1NCc1ccco1. The number of nitrogens with zero attached hydrogens (tertiary/aromatic N) is 1. The van der Waals surface area contributed by atoms with Crippen LogP contribution in [0.1, 0.15) is 67.6 Å². The van der Waals surface area contributed by atoms with Crippen molar-refractivity contribution >= 4 is 51.3 Å². The van der Waals surface area contributed by atoms with Crippen LogP contribution < -0.4 is 10.5 Å². The van der Waals surface area contributed by atoms with E-state index in [0.717, 1.165) is 23.1 Å². The number of unbranched alkanes of at least 4 members (excludes halogenated alkanes) is 1. The first-order valence-corrected chi connectivity index (χ1v) is 18.8. The first-order chi connectivity index (χ1) is 26.0. The maximum absolute atomic E-state index is 13.8. The van der Waals surface area contributed by atoms with Crippen molar-refractivity contribution in [2.24, 2.45) is 5.14 Å². The van der Waals surface area contributed by atoms with Crippen LogP contribution >= 0.6 is 11.6 Å². The van der Waals surface area contributed by atoms with Crippen LogP contribution in [0.3, 0.4) is 0 Å². The number of carbonyl (C=O) groups excluding carboxylic acids is 4. The Morgan fingerprint density at radius 2 is 1.64 bits per heavy atom. The molecule has 4 N–H and O–H groups in total. The third-order valence-electron chi connectivity index (χ3n) is 8.32. The van der Waals surface area contributed by atoms with Crippen LogP contribution in [0.2, 0.25) is 5.02 Å². The molecule has 1 fully saturated rings. The molecule has 1 saturated heterocycles. The highest BCUT2D eigenvalue weighted by Gasteiger charge is 2.49. The molecule has 1 aliphatic heterocycles. The first kappa shape index (κ1) is 42.9. The van der Waals surface area contributed by atoms with Crippen LogP contribution in [-0.4, -0.2) is 81.1 Å². The third kappa shape index (κ3) is 11.8. The van der Waals surface area contributed by atoms with Crippen molar-refractivity contribution in [1.29, 1.82) is 0 Å². The summed E-state index contributed by atoms with van der Waals surface area (Å²) in [5, 5.41) is 19.1. The zero-order valence-corrected chi connectivity index (χ0v) is 31.3. The van der Waals surface area contributed by atoms with Gasteiger partial charge in [-0.1, -0.05) is 11.6 Å². The lowest BCUT2D eigenvalue weighted by Crippen LogP contribution is -2.62.